The zero-order valence-electron chi connectivity index (χ0n) is 12.1. The molecule has 0 aromatic carbocycles. The van der Waals surface area contributed by atoms with E-state index in [0.717, 1.165) is 32.0 Å². The van der Waals surface area contributed by atoms with E-state index in [1.165, 1.54) is 11.6 Å². The van der Waals surface area contributed by atoms with Gasteiger partial charge >= 0.3 is 0 Å². The molecule has 5 heteroatoms. The molecule has 0 saturated carbocycles. The number of piperazine rings is 1. The van der Waals surface area contributed by atoms with E-state index in [0.29, 0.717) is 6.04 Å². The first-order chi connectivity index (χ1) is 10.2. The SMILES string of the molecule is CC1CN(Cc2ccncc2)CCN1c1cccc(F)n1. The summed E-state index contributed by atoms with van der Waals surface area (Å²) in [4.78, 5) is 12.6. The second-order valence-electron chi connectivity index (χ2n) is 5.45. The van der Waals surface area contributed by atoms with E-state index in [1.807, 2.05) is 30.6 Å². The molecule has 3 heterocycles. The van der Waals surface area contributed by atoms with Crippen LogP contribution in [0.3, 0.4) is 0 Å². The van der Waals surface area contributed by atoms with Crippen LogP contribution in [0.5, 0.6) is 0 Å². The van der Waals surface area contributed by atoms with Gasteiger partial charge in [-0.1, -0.05) is 6.07 Å². The van der Waals surface area contributed by atoms with Crippen molar-refractivity contribution in [2.24, 2.45) is 0 Å². The Bertz CT molecular complexity index is 590. The summed E-state index contributed by atoms with van der Waals surface area (Å²) in [5, 5.41) is 0. The van der Waals surface area contributed by atoms with Gasteiger partial charge in [-0.15, -0.1) is 0 Å². The smallest absolute Gasteiger partial charge is 0.214 e. The van der Waals surface area contributed by atoms with E-state index in [-0.39, 0.29) is 0 Å². The molecule has 0 spiro atoms. The van der Waals surface area contributed by atoms with Gasteiger partial charge < -0.3 is 4.90 Å². The summed E-state index contributed by atoms with van der Waals surface area (Å²) in [6, 6.07) is 9.38. The van der Waals surface area contributed by atoms with Crippen molar-refractivity contribution in [2.75, 3.05) is 24.5 Å². The molecule has 1 atom stereocenters. The first kappa shape index (κ1) is 13.9. The van der Waals surface area contributed by atoms with Crippen LogP contribution >= 0.6 is 0 Å². The van der Waals surface area contributed by atoms with Crippen LogP contribution in [0.15, 0.2) is 42.7 Å². The Morgan fingerprint density at radius 3 is 2.71 bits per heavy atom. The van der Waals surface area contributed by atoms with Crippen LogP contribution in [-0.4, -0.2) is 40.5 Å². The molecular weight excluding hydrogens is 267 g/mol. The van der Waals surface area contributed by atoms with Crippen LogP contribution in [0.1, 0.15) is 12.5 Å². The highest BCUT2D eigenvalue weighted by Crippen LogP contribution is 2.19. The third-order valence-electron chi connectivity index (χ3n) is 3.86. The molecule has 0 aliphatic carbocycles. The van der Waals surface area contributed by atoms with Crippen molar-refractivity contribution < 1.29 is 4.39 Å². The highest BCUT2D eigenvalue weighted by atomic mass is 19.1. The fraction of sp³-hybridized carbons (Fsp3) is 0.375. The lowest BCUT2D eigenvalue weighted by molar-refractivity contribution is 0.220. The van der Waals surface area contributed by atoms with Gasteiger partial charge in [-0.3, -0.25) is 9.88 Å². The average molecular weight is 286 g/mol. The van der Waals surface area contributed by atoms with Crippen molar-refractivity contribution in [2.45, 2.75) is 19.5 Å². The van der Waals surface area contributed by atoms with Crippen molar-refractivity contribution in [1.82, 2.24) is 14.9 Å². The molecule has 1 aliphatic heterocycles. The molecule has 110 valence electrons. The largest absolute Gasteiger partial charge is 0.351 e. The van der Waals surface area contributed by atoms with E-state index >= 15 is 0 Å². The minimum atomic E-state index is -0.418. The van der Waals surface area contributed by atoms with Crippen LogP contribution in [0.4, 0.5) is 10.2 Å². The normalized spacial score (nSPS) is 19.7. The van der Waals surface area contributed by atoms with Crippen LogP contribution in [0.2, 0.25) is 0 Å². The van der Waals surface area contributed by atoms with Gasteiger partial charge in [-0.05, 0) is 36.8 Å². The quantitative estimate of drug-likeness (QED) is 0.811. The fourth-order valence-electron chi connectivity index (χ4n) is 2.82. The van der Waals surface area contributed by atoms with Gasteiger partial charge in [0, 0.05) is 44.6 Å². The standard InChI is InChI=1S/C16H19FN4/c1-13-11-20(12-14-5-7-18-8-6-14)9-10-21(13)16-4-2-3-15(17)19-16/h2-8,13H,9-12H2,1H3. The molecule has 1 fully saturated rings. The number of halogens is 1. The zero-order chi connectivity index (χ0) is 14.7. The second kappa shape index (κ2) is 6.18. The van der Waals surface area contributed by atoms with E-state index in [4.69, 9.17) is 0 Å². The number of nitrogens with zero attached hydrogens (tertiary/aromatic N) is 4. The summed E-state index contributed by atoms with van der Waals surface area (Å²) in [7, 11) is 0. The average Bonchev–Trinajstić information content (AvgIpc) is 2.48. The lowest BCUT2D eigenvalue weighted by Gasteiger charge is -2.40. The highest BCUT2D eigenvalue weighted by molar-refractivity contribution is 5.40. The van der Waals surface area contributed by atoms with Crippen LogP contribution in [-0.2, 0) is 6.54 Å². The minimum Gasteiger partial charge on any atom is -0.351 e. The first-order valence-corrected chi connectivity index (χ1v) is 7.23. The van der Waals surface area contributed by atoms with E-state index in [2.05, 4.69) is 26.7 Å². The molecule has 4 nitrogen and oxygen atoms in total. The molecule has 2 aromatic rings. The van der Waals surface area contributed by atoms with Gasteiger partial charge in [-0.2, -0.15) is 4.39 Å². The molecule has 0 N–H and O–H groups in total. The van der Waals surface area contributed by atoms with Crippen LogP contribution in [0.25, 0.3) is 0 Å². The van der Waals surface area contributed by atoms with Gasteiger partial charge in [0.05, 0.1) is 0 Å². The van der Waals surface area contributed by atoms with Gasteiger partial charge in [-0.25, -0.2) is 4.98 Å². The number of anilines is 1. The van der Waals surface area contributed by atoms with Gasteiger partial charge in [0.2, 0.25) is 5.95 Å². The molecule has 1 aliphatic rings. The van der Waals surface area contributed by atoms with Gasteiger partial charge in [0.1, 0.15) is 5.82 Å². The predicted molar refractivity (Wildman–Crippen MR) is 80.5 cm³/mol. The van der Waals surface area contributed by atoms with Crippen molar-refractivity contribution in [3.05, 3.63) is 54.2 Å². The van der Waals surface area contributed by atoms with Crippen molar-refractivity contribution in [1.29, 1.82) is 0 Å². The lowest BCUT2D eigenvalue weighted by Crippen LogP contribution is -2.51. The predicted octanol–water partition coefficient (Wildman–Crippen LogP) is 2.33. The number of pyridine rings is 2. The molecule has 0 amide bonds. The van der Waals surface area contributed by atoms with E-state index in [1.54, 1.807) is 6.07 Å². The summed E-state index contributed by atoms with van der Waals surface area (Å²) in [6.07, 6.45) is 3.65. The molecule has 0 radical (unpaired) electrons. The minimum absolute atomic E-state index is 0.315. The molecule has 1 saturated heterocycles. The Morgan fingerprint density at radius 1 is 1.19 bits per heavy atom. The topological polar surface area (TPSA) is 32.3 Å². The summed E-state index contributed by atoms with van der Waals surface area (Å²) in [5.41, 5.74) is 1.27. The maximum absolute atomic E-state index is 13.3. The van der Waals surface area contributed by atoms with Crippen molar-refractivity contribution in [3.8, 4) is 0 Å². The van der Waals surface area contributed by atoms with Gasteiger partial charge in [0.25, 0.3) is 0 Å². The van der Waals surface area contributed by atoms with Crippen LogP contribution < -0.4 is 4.90 Å². The molecule has 1 unspecified atom stereocenters. The van der Waals surface area contributed by atoms with E-state index < -0.39 is 5.95 Å². The first-order valence-electron chi connectivity index (χ1n) is 7.23. The number of aromatic nitrogens is 2. The summed E-state index contributed by atoms with van der Waals surface area (Å²) in [5.74, 6) is 0.310. The Kier molecular flexibility index (Phi) is 4.10. The Balaban J connectivity index is 1.64. The fourth-order valence-corrected chi connectivity index (χ4v) is 2.82. The number of rotatable bonds is 3. The molecule has 3 rings (SSSR count). The summed E-state index contributed by atoms with van der Waals surface area (Å²) < 4.78 is 13.3. The van der Waals surface area contributed by atoms with Crippen molar-refractivity contribution >= 4 is 5.82 Å². The summed E-state index contributed by atoms with van der Waals surface area (Å²) in [6.45, 7) is 5.84. The van der Waals surface area contributed by atoms with Gasteiger partial charge in [0.15, 0.2) is 0 Å². The third kappa shape index (κ3) is 3.36. The maximum atomic E-state index is 13.3. The molecule has 21 heavy (non-hydrogen) atoms. The third-order valence-corrected chi connectivity index (χ3v) is 3.86. The number of hydrogen-bond donors (Lipinski definition) is 0. The molecule has 2 aromatic heterocycles. The Hall–Kier alpha value is -2.01. The number of hydrogen-bond acceptors (Lipinski definition) is 4. The maximum Gasteiger partial charge on any atom is 0.214 e. The zero-order valence-corrected chi connectivity index (χ0v) is 12.1. The highest BCUT2D eigenvalue weighted by Gasteiger charge is 2.24. The Labute approximate surface area is 124 Å². The van der Waals surface area contributed by atoms with Crippen molar-refractivity contribution in [3.63, 3.8) is 0 Å². The second-order valence-corrected chi connectivity index (χ2v) is 5.45. The molecular formula is C16H19FN4. The monoisotopic (exact) mass is 286 g/mol. The lowest BCUT2D eigenvalue weighted by atomic mass is 10.1. The molecule has 0 bridgehead atoms. The summed E-state index contributed by atoms with van der Waals surface area (Å²) >= 11 is 0. The van der Waals surface area contributed by atoms with E-state index in [9.17, 15) is 4.39 Å². The Morgan fingerprint density at radius 2 is 2.00 bits per heavy atom. The van der Waals surface area contributed by atoms with Crippen LogP contribution in [0, 0.1) is 5.95 Å².